The Bertz CT molecular complexity index is 2730. The fourth-order valence-electron chi connectivity index (χ4n) is 17.6. The van der Waals surface area contributed by atoms with Crippen molar-refractivity contribution in [3.05, 3.63) is 46.5 Å². The van der Waals surface area contributed by atoms with Gasteiger partial charge in [-0.1, -0.05) is 105 Å². The van der Waals surface area contributed by atoms with Crippen LogP contribution < -0.4 is 7.16 Å². The maximum absolute atomic E-state index is 5.69. The first kappa shape index (κ1) is 77.3. The average molecular weight is 1500 g/mol. The van der Waals surface area contributed by atoms with Crippen molar-refractivity contribution in [2.24, 2.45) is 0 Å². The Morgan fingerprint density at radius 1 is 0.275 bits per heavy atom. The van der Waals surface area contributed by atoms with Crippen LogP contribution in [0, 0.1) is 0 Å². The molecule has 91 heavy (non-hydrogen) atoms. The Labute approximate surface area is 579 Å². The Morgan fingerprint density at radius 2 is 0.516 bits per heavy atom. The van der Waals surface area contributed by atoms with E-state index in [-0.39, 0.29) is 10.8 Å². The van der Waals surface area contributed by atoms with Crippen molar-refractivity contribution in [2.75, 3.05) is 0 Å². The van der Waals surface area contributed by atoms with E-state index in [4.69, 9.17) is 17.5 Å². The second-order valence-corrected chi connectivity index (χ2v) is 59.9. The van der Waals surface area contributed by atoms with E-state index in [0.717, 1.165) is 0 Å². The summed E-state index contributed by atoms with van der Waals surface area (Å²) in [4.78, 5) is 7.95. The van der Waals surface area contributed by atoms with Gasteiger partial charge in [0.25, 0.3) is 0 Å². The minimum atomic E-state index is -3.10. The monoisotopic (exact) mass is 1500 g/mol. The van der Waals surface area contributed by atoms with Crippen LogP contribution in [0.2, 0.25) is 28.1 Å². The van der Waals surface area contributed by atoms with Crippen molar-refractivity contribution < 1.29 is 0 Å². The van der Waals surface area contributed by atoms with Gasteiger partial charge in [0.1, 0.15) is 0 Å². The third kappa shape index (κ3) is 21.2. The fourth-order valence-corrected chi connectivity index (χ4v) is 39.8. The predicted octanol–water partition coefficient (Wildman–Crippen LogP) is 28.1. The number of nitrogens with zero attached hydrogens (tertiary/aromatic N) is 4. The third-order valence-corrected chi connectivity index (χ3v) is 45.4. The normalized spacial score (nSPS) is 14.1. The molecular formula is C83H140N4S2Sn2. The van der Waals surface area contributed by atoms with Crippen LogP contribution in [0.15, 0.2) is 24.3 Å². The summed E-state index contributed by atoms with van der Waals surface area (Å²) in [5, 5.41) is 0. The van der Waals surface area contributed by atoms with Gasteiger partial charge in [0.15, 0.2) is 0 Å². The van der Waals surface area contributed by atoms with Crippen molar-refractivity contribution in [1.29, 1.82) is 0 Å². The van der Waals surface area contributed by atoms with Crippen molar-refractivity contribution in [3.63, 3.8) is 0 Å². The van der Waals surface area contributed by atoms with E-state index in [1.807, 2.05) is 0 Å². The second-order valence-electron chi connectivity index (χ2n) is 31.3. The standard InChI is InChI=1S/C68H104N4S2.3C4H9.3CH3.2Sn/c1-5-9-13-17-21-25-29-33-37-41-49-67(50-42-38-34-30-26-22-18-14-10-6-2)57-45-47-61-65(71-73-69-61)63(57)55-54-60-56(53-59(55)67)64-58(46-48-62-66(64)72-74-70-62)68(60,51-43-39-35-31-27-23-19-15-11-7-3)52-44-40-36-32-28-24-20-16-12-8-4;3*1-3-4-2;;;;;/h45-46,53-54H,5-44,49-52H2,1-4H3;3*1,3-4H2,2H3;3*1H3;;. The van der Waals surface area contributed by atoms with Crippen LogP contribution in [-0.4, -0.2) is 54.2 Å². The molecule has 5 aromatic rings. The zero-order chi connectivity index (χ0) is 64.6. The molecular weight excluding hydrogens is 1350 g/mol. The minimum absolute atomic E-state index is 0.0480. The third-order valence-electron chi connectivity index (χ3n) is 23.1. The second kappa shape index (κ2) is 42.0. The van der Waals surface area contributed by atoms with Gasteiger partial charge in [-0.05, 0) is 0 Å². The van der Waals surface area contributed by atoms with E-state index >= 15 is 0 Å². The topological polar surface area (TPSA) is 51.6 Å². The number of rotatable bonds is 55. The number of hydrogen-bond acceptors (Lipinski definition) is 6. The summed E-state index contributed by atoms with van der Waals surface area (Å²) in [6, 6.07) is 11.7. The van der Waals surface area contributed by atoms with Gasteiger partial charge in [-0.25, -0.2) is 0 Å². The summed E-state index contributed by atoms with van der Waals surface area (Å²) in [6.45, 7) is 16.8. The molecule has 7 rings (SSSR count). The van der Waals surface area contributed by atoms with Gasteiger partial charge < -0.3 is 0 Å². The molecule has 512 valence electrons. The zero-order valence-electron chi connectivity index (χ0n) is 61.4. The molecule has 0 unspecified atom stereocenters. The quantitative estimate of drug-likeness (QED) is 0.0288. The Morgan fingerprint density at radius 3 is 0.791 bits per heavy atom. The summed E-state index contributed by atoms with van der Waals surface area (Å²) in [6.07, 6.45) is 68.2. The molecule has 0 N–H and O–H groups in total. The summed E-state index contributed by atoms with van der Waals surface area (Å²) < 4.78 is 30.0. The molecule has 0 saturated carbocycles. The van der Waals surface area contributed by atoms with E-state index < -0.39 is 36.8 Å². The molecule has 0 radical (unpaired) electrons. The number of unbranched alkanes of at least 4 members (excludes halogenated alkanes) is 39. The number of benzene rings is 3. The molecule has 0 spiro atoms. The van der Waals surface area contributed by atoms with Crippen molar-refractivity contribution in [2.45, 2.75) is 408 Å². The molecule has 2 aliphatic carbocycles. The fraction of sp³-hybridized carbons (Fsp3) is 0.783. The predicted molar refractivity (Wildman–Crippen MR) is 414 cm³/mol. The molecule has 0 amide bonds. The van der Waals surface area contributed by atoms with Crippen LogP contribution >= 0.6 is 23.5 Å². The van der Waals surface area contributed by atoms with Crippen LogP contribution in [0.3, 0.4) is 0 Å². The van der Waals surface area contributed by atoms with Crippen molar-refractivity contribution >= 4 is 89.4 Å². The van der Waals surface area contributed by atoms with Crippen LogP contribution in [0.25, 0.3) is 44.3 Å². The molecule has 0 aliphatic heterocycles. The Kier molecular flexibility index (Phi) is 35.6. The Hall–Kier alpha value is -1.10. The van der Waals surface area contributed by atoms with E-state index in [1.54, 1.807) is 52.3 Å². The molecule has 2 heterocycles. The van der Waals surface area contributed by atoms with E-state index in [1.165, 1.54) is 379 Å². The molecule has 0 fully saturated rings. The number of aromatic nitrogens is 4. The first-order valence-electron chi connectivity index (χ1n) is 40.4. The summed E-state index contributed by atoms with van der Waals surface area (Å²) in [5.41, 5.74) is 17.9. The van der Waals surface area contributed by atoms with E-state index in [0.29, 0.717) is 0 Å². The van der Waals surface area contributed by atoms with Gasteiger partial charge in [0, 0.05) is 0 Å². The summed E-state index contributed by atoms with van der Waals surface area (Å²) in [7, 11) is 0. The maximum atomic E-state index is 5.69. The summed E-state index contributed by atoms with van der Waals surface area (Å²) in [5.74, 6) is 0. The van der Waals surface area contributed by atoms with E-state index in [2.05, 4.69) is 87.6 Å². The van der Waals surface area contributed by atoms with Crippen LogP contribution in [0.5, 0.6) is 0 Å². The molecule has 2 aromatic heterocycles. The molecule has 2 aliphatic rings. The van der Waals surface area contributed by atoms with Gasteiger partial charge in [-0.2, -0.15) is 0 Å². The molecule has 0 bridgehead atoms. The molecule has 4 nitrogen and oxygen atoms in total. The molecule has 8 heteroatoms. The van der Waals surface area contributed by atoms with Gasteiger partial charge in [0.05, 0.1) is 0 Å². The van der Waals surface area contributed by atoms with E-state index in [9.17, 15) is 0 Å². The summed E-state index contributed by atoms with van der Waals surface area (Å²) >= 11 is -2.78. The Balaban J connectivity index is 1.43. The van der Waals surface area contributed by atoms with Gasteiger partial charge in [0.2, 0.25) is 0 Å². The number of hydrogen-bond donors (Lipinski definition) is 0. The van der Waals surface area contributed by atoms with Crippen LogP contribution in [0.1, 0.15) is 392 Å². The molecule has 3 aromatic carbocycles. The number of fused-ring (bicyclic) bond motifs is 10. The van der Waals surface area contributed by atoms with Crippen molar-refractivity contribution in [1.82, 2.24) is 17.5 Å². The molecule has 0 atom stereocenters. The van der Waals surface area contributed by atoms with Crippen molar-refractivity contribution in [3.8, 4) is 22.3 Å². The first-order chi connectivity index (χ1) is 44.6. The van der Waals surface area contributed by atoms with Gasteiger partial charge in [-0.3, -0.25) is 0 Å². The van der Waals surface area contributed by atoms with Gasteiger partial charge >= 0.3 is 479 Å². The van der Waals surface area contributed by atoms with Crippen LogP contribution in [0.4, 0.5) is 0 Å². The first-order valence-corrected chi connectivity index (χ1v) is 59.3. The van der Waals surface area contributed by atoms with Crippen LogP contribution in [-0.2, 0) is 10.8 Å². The average Bonchev–Trinajstić information content (AvgIpc) is 1.52. The molecule has 0 saturated heterocycles. The SMILES string of the molecule is CCCCCCCCCCCCC1(CCCCCCCCCCCC)c2cc3c(cc2-c2c1c[c]([Sn]([CH3])([CH3])[CH3])c1nsnc21)C(CCCCCCCCCCCC)(CCCCCCCCCCCC)c1c[c]([Sn]([CH2]CCC)([CH2]CCC)[CH2]CCC)c2nsnc2c1-3. The van der Waals surface area contributed by atoms with Gasteiger partial charge in [-0.15, -0.1) is 0 Å². The zero-order valence-corrected chi connectivity index (χ0v) is 68.7.